The van der Waals surface area contributed by atoms with E-state index in [1.807, 2.05) is 0 Å². The zero-order valence-corrected chi connectivity index (χ0v) is 17.1. The van der Waals surface area contributed by atoms with Crippen molar-refractivity contribution < 1.29 is 36.6 Å². The molecule has 2 aliphatic heterocycles. The quantitative estimate of drug-likeness (QED) is 0.479. The Morgan fingerprint density at radius 2 is 2.17 bits per heavy atom. The van der Waals surface area contributed by atoms with E-state index in [2.05, 4.69) is 0 Å². The first-order valence-corrected chi connectivity index (χ1v) is 10.8. The molecule has 2 aliphatic rings. The van der Waals surface area contributed by atoms with Gasteiger partial charge in [0, 0.05) is 19.4 Å². The number of benzene rings is 1. The minimum atomic E-state index is -4.21. The summed E-state index contributed by atoms with van der Waals surface area (Å²) in [5.74, 6) is -1.82. The van der Waals surface area contributed by atoms with Gasteiger partial charge in [-0.15, -0.1) is 0 Å². The summed E-state index contributed by atoms with van der Waals surface area (Å²) in [6.45, 7) is 1.76. The van der Waals surface area contributed by atoms with Crippen LogP contribution in [0.5, 0.6) is 5.75 Å². The standard InChI is InChI=1S/C19H24FNO7S/c1-12-5-6-16(29(24,25)21-8-3-4-15(21)19(23)26-2)18(17(12)20)28-14-10-13(7-9-22)27-11-14/h5-6,9,13-15H,3-4,7-8,10-11H2,1-2H3/t13-,14+,15-/m0/s1. The third-order valence-electron chi connectivity index (χ3n) is 5.20. The summed E-state index contributed by atoms with van der Waals surface area (Å²) < 4.78 is 58.4. The van der Waals surface area contributed by atoms with Crippen molar-refractivity contribution in [1.29, 1.82) is 0 Å². The lowest BCUT2D eigenvalue weighted by Crippen LogP contribution is -2.41. The average molecular weight is 429 g/mol. The lowest BCUT2D eigenvalue weighted by Gasteiger charge is -2.24. The highest BCUT2D eigenvalue weighted by atomic mass is 32.2. The Bertz CT molecular complexity index is 889. The number of carbonyl (C=O) groups excluding carboxylic acids is 2. The first kappa shape index (κ1) is 21.7. The van der Waals surface area contributed by atoms with Gasteiger partial charge in [0.2, 0.25) is 10.0 Å². The molecule has 2 saturated heterocycles. The molecule has 1 aromatic carbocycles. The molecule has 160 valence electrons. The van der Waals surface area contributed by atoms with Crippen molar-refractivity contribution in [2.75, 3.05) is 20.3 Å². The van der Waals surface area contributed by atoms with Gasteiger partial charge >= 0.3 is 5.97 Å². The number of carbonyl (C=O) groups is 2. The topological polar surface area (TPSA) is 99.2 Å². The number of methoxy groups -OCH3 is 1. The highest BCUT2D eigenvalue weighted by molar-refractivity contribution is 7.89. The first-order chi connectivity index (χ1) is 13.8. The molecule has 10 heteroatoms. The van der Waals surface area contributed by atoms with E-state index in [4.69, 9.17) is 14.2 Å². The molecule has 0 spiro atoms. The van der Waals surface area contributed by atoms with Crippen LogP contribution in [0.2, 0.25) is 0 Å². The second-order valence-electron chi connectivity index (χ2n) is 7.15. The van der Waals surface area contributed by atoms with Gasteiger partial charge in [-0.05, 0) is 31.4 Å². The number of aldehydes is 1. The minimum Gasteiger partial charge on any atom is -0.483 e. The molecular formula is C19H24FNO7S. The van der Waals surface area contributed by atoms with Crippen LogP contribution in [0.25, 0.3) is 0 Å². The normalized spacial score (nSPS) is 25.1. The summed E-state index contributed by atoms with van der Waals surface area (Å²) >= 11 is 0. The van der Waals surface area contributed by atoms with Crippen molar-refractivity contribution in [3.05, 3.63) is 23.5 Å². The van der Waals surface area contributed by atoms with Crippen molar-refractivity contribution >= 4 is 22.3 Å². The molecule has 0 N–H and O–H groups in total. The van der Waals surface area contributed by atoms with Crippen molar-refractivity contribution in [2.45, 2.75) is 55.8 Å². The number of aryl methyl sites for hydroxylation is 1. The average Bonchev–Trinajstić information content (AvgIpc) is 3.35. The lowest BCUT2D eigenvalue weighted by atomic mass is 10.1. The van der Waals surface area contributed by atoms with E-state index >= 15 is 0 Å². The Kier molecular flexibility index (Phi) is 6.55. The summed E-state index contributed by atoms with van der Waals surface area (Å²) in [5.41, 5.74) is 0.230. The molecule has 3 rings (SSSR count). The van der Waals surface area contributed by atoms with Crippen LogP contribution in [0.4, 0.5) is 4.39 Å². The maximum absolute atomic E-state index is 14.9. The van der Waals surface area contributed by atoms with Gasteiger partial charge in [-0.2, -0.15) is 4.31 Å². The number of esters is 1. The van der Waals surface area contributed by atoms with Crippen LogP contribution in [0, 0.1) is 12.7 Å². The number of ether oxygens (including phenoxy) is 3. The Hall–Kier alpha value is -2.04. The van der Waals surface area contributed by atoms with Crippen molar-refractivity contribution in [2.24, 2.45) is 0 Å². The molecule has 0 aromatic heterocycles. The van der Waals surface area contributed by atoms with Gasteiger partial charge < -0.3 is 19.0 Å². The highest BCUT2D eigenvalue weighted by Crippen LogP contribution is 2.36. The summed E-state index contributed by atoms with van der Waals surface area (Å²) in [7, 11) is -3.01. The largest absolute Gasteiger partial charge is 0.483 e. The molecule has 3 atom stereocenters. The van der Waals surface area contributed by atoms with E-state index in [1.54, 1.807) is 0 Å². The Morgan fingerprint density at radius 1 is 1.41 bits per heavy atom. The van der Waals surface area contributed by atoms with Gasteiger partial charge in [0.1, 0.15) is 23.3 Å². The van der Waals surface area contributed by atoms with Crippen molar-refractivity contribution in [3.63, 3.8) is 0 Å². The Labute approximate surface area is 169 Å². The SMILES string of the molecule is COC(=O)[C@@H]1CCCN1S(=O)(=O)c1ccc(C)c(F)c1O[C@H]1CO[C@@H](CC=O)C1. The van der Waals surface area contributed by atoms with E-state index in [0.717, 1.165) is 10.6 Å². The van der Waals surface area contributed by atoms with Gasteiger partial charge in [-0.1, -0.05) is 6.07 Å². The predicted octanol–water partition coefficient (Wildman–Crippen LogP) is 1.59. The molecule has 8 nitrogen and oxygen atoms in total. The van der Waals surface area contributed by atoms with Gasteiger partial charge in [0.25, 0.3) is 0 Å². The number of hydrogen-bond donors (Lipinski definition) is 0. The maximum atomic E-state index is 14.9. The Morgan fingerprint density at radius 3 is 2.86 bits per heavy atom. The predicted molar refractivity (Wildman–Crippen MR) is 99.5 cm³/mol. The van der Waals surface area contributed by atoms with Crippen molar-refractivity contribution in [3.8, 4) is 5.75 Å². The number of halogens is 1. The van der Waals surface area contributed by atoms with Crippen LogP contribution in [0.3, 0.4) is 0 Å². The van der Waals surface area contributed by atoms with Crippen LogP contribution in [-0.2, 0) is 29.1 Å². The fraction of sp³-hybridized carbons (Fsp3) is 0.579. The molecule has 1 aromatic rings. The number of sulfonamides is 1. The van der Waals surface area contributed by atoms with Gasteiger partial charge in [-0.25, -0.2) is 12.8 Å². The van der Waals surface area contributed by atoms with E-state index in [1.165, 1.54) is 26.2 Å². The van der Waals surface area contributed by atoms with Crippen molar-refractivity contribution in [1.82, 2.24) is 4.31 Å². The second-order valence-corrected chi connectivity index (χ2v) is 9.01. The van der Waals surface area contributed by atoms with Crippen LogP contribution < -0.4 is 4.74 Å². The molecule has 0 saturated carbocycles. The molecular weight excluding hydrogens is 405 g/mol. The molecule has 2 fully saturated rings. The monoisotopic (exact) mass is 429 g/mol. The fourth-order valence-corrected chi connectivity index (χ4v) is 5.43. The first-order valence-electron chi connectivity index (χ1n) is 9.40. The van der Waals surface area contributed by atoms with E-state index < -0.39 is 34.0 Å². The third kappa shape index (κ3) is 4.29. The van der Waals surface area contributed by atoms with Crippen LogP contribution in [0.1, 0.15) is 31.2 Å². The molecule has 0 aliphatic carbocycles. The van der Waals surface area contributed by atoms with Gasteiger partial charge in [-0.3, -0.25) is 4.79 Å². The maximum Gasteiger partial charge on any atom is 0.324 e. The second kappa shape index (κ2) is 8.76. The molecule has 29 heavy (non-hydrogen) atoms. The van der Waals surface area contributed by atoms with E-state index in [-0.39, 0.29) is 41.9 Å². The number of hydrogen-bond acceptors (Lipinski definition) is 7. The summed E-state index contributed by atoms with van der Waals surface area (Å²) in [6.07, 6.45) is 1.17. The minimum absolute atomic E-state index is 0.125. The highest BCUT2D eigenvalue weighted by Gasteiger charge is 2.42. The van der Waals surface area contributed by atoms with E-state index in [9.17, 15) is 22.4 Å². The number of rotatable bonds is 7. The lowest BCUT2D eigenvalue weighted by molar-refractivity contribution is -0.144. The number of nitrogens with zero attached hydrogens (tertiary/aromatic N) is 1. The zero-order chi connectivity index (χ0) is 21.2. The smallest absolute Gasteiger partial charge is 0.324 e. The zero-order valence-electron chi connectivity index (χ0n) is 16.3. The van der Waals surface area contributed by atoms with E-state index in [0.29, 0.717) is 19.3 Å². The summed E-state index contributed by atoms with van der Waals surface area (Å²) in [5, 5.41) is 0. The van der Waals surface area contributed by atoms with Gasteiger partial charge in [0.15, 0.2) is 11.6 Å². The van der Waals surface area contributed by atoms with Crippen LogP contribution in [0.15, 0.2) is 17.0 Å². The fourth-order valence-electron chi connectivity index (χ4n) is 3.67. The summed E-state index contributed by atoms with van der Waals surface area (Å²) in [6, 6.07) is 1.70. The molecule has 2 heterocycles. The van der Waals surface area contributed by atoms with Crippen LogP contribution in [-0.4, -0.2) is 63.5 Å². The van der Waals surface area contributed by atoms with Crippen LogP contribution >= 0.6 is 0 Å². The molecule has 0 radical (unpaired) electrons. The van der Waals surface area contributed by atoms with Gasteiger partial charge in [0.05, 0.1) is 19.8 Å². The Balaban J connectivity index is 1.94. The third-order valence-corrected chi connectivity index (χ3v) is 7.14. The molecule has 0 unspecified atom stereocenters. The summed E-state index contributed by atoms with van der Waals surface area (Å²) in [4.78, 5) is 22.3. The molecule has 0 bridgehead atoms. The molecule has 0 amide bonds.